The van der Waals surface area contributed by atoms with Crippen LogP contribution in [0.1, 0.15) is 35.2 Å². The molecule has 2 rings (SSSR count). The Morgan fingerprint density at radius 3 is 2.89 bits per heavy atom. The molecule has 0 aliphatic carbocycles. The predicted molar refractivity (Wildman–Crippen MR) is 75.4 cm³/mol. The Hall–Kier alpha value is -1.55. The smallest absolute Gasteiger partial charge is 0.251 e. The first-order valence-corrected chi connectivity index (χ1v) is 6.96. The van der Waals surface area contributed by atoms with Gasteiger partial charge in [0.1, 0.15) is 5.75 Å². The molecule has 4 heteroatoms. The van der Waals surface area contributed by atoms with E-state index in [0.717, 1.165) is 19.5 Å². The highest BCUT2D eigenvalue weighted by atomic mass is 16.3. The number of hydrogen-bond acceptors (Lipinski definition) is 3. The molecule has 4 nitrogen and oxygen atoms in total. The van der Waals surface area contributed by atoms with Crippen LogP contribution in [0, 0.1) is 12.8 Å². The van der Waals surface area contributed by atoms with Gasteiger partial charge in [-0.1, -0.05) is 6.07 Å². The molecule has 0 spiro atoms. The van der Waals surface area contributed by atoms with Crippen LogP contribution in [-0.4, -0.2) is 30.6 Å². The van der Waals surface area contributed by atoms with Crippen LogP contribution in [0.25, 0.3) is 0 Å². The Kier molecular flexibility index (Phi) is 4.80. The molecule has 1 aliphatic rings. The van der Waals surface area contributed by atoms with Gasteiger partial charge < -0.3 is 15.7 Å². The van der Waals surface area contributed by atoms with Gasteiger partial charge in [0.25, 0.3) is 5.91 Å². The molecule has 1 amide bonds. The SMILES string of the molecule is Cc1c(O)cccc1C(=O)NCCC1CCNCC1. The zero-order valence-electron chi connectivity index (χ0n) is 11.4. The van der Waals surface area contributed by atoms with Crippen LogP contribution in [0.2, 0.25) is 0 Å². The summed E-state index contributed by atoms with van der Waals surface area (Å²) in [7, 11) is 0. The first-order chi connectivity index (χ1) is 9.18. The Morgan fingerprint density at radius 1 is 1.42 bits per heavy atom. The third kappa shape index (κ3) is 3.70. The number of aromatic hydroxyl groups is 1. The van der Waals surface area contributed by atoms with Crippen LogP contribution in [0.3, 0.4) is 0 Å². The summed E-state index contributed by atoms with van der Waals surface area (Å²) >= 11 is 0. The standard InChI is InChI=1S/C15H22N2O2/c1-11-13(3-2-4-14(11)18)15(19)17-10-7-12-5-8-16-9-6-12/h2-4,12,16,18H,5-10H2,1H3,(H,17,19). The minimum absolute atomic E-state index is 0.0951. The van der Waals surface area contributed by atoms with Crippen LogP contribution in [0.15, 0.2) is 18.2 Å². The summed E-state index contributed by atoms with van der Waals surface area (Å²) in [6.45, 7) is 4.64. The number of carbonyl (C=O) groups is 1. The monoisotopic (exact) mass is 262 g/mol. The molecule has 1 heterocycles. The summed E-state index contributed by atoms with van der Waals surface area (Å²) in [5, 5.41) is 15.9. The fraction of sp³-hybridized carbons (Fsp3) is 0.533. The maximum atomic E-state index is 12.0. The number of carbonyl (C=O) groups excluding carboxylic acids is 1. The van der Waals surface area contributed by atoms with E-state index in [1.54, 1.807) is 25.1 Å². The van der Waals surface area contributed by atoms with E-state index >= 15 is 0 Å². The topological polar surface area (TPSA) is 61.4 Å². The van der Waals surface area contributed by atoms with Crippen LogP contribution in [0.4, 0.5) is 0 Å². The maximum absolute atomic E-state index is 12.0. The molecule has 0 saturated carbocycles. The van der Waals surface area contributed by atoms with Crippen molar-refractivity contribution in [2.24, 2.45) is 5.92 Å². The second-order valence-electron chi connectivity index (χ2n) is 5.19. The third-order valence-electron chi connectivity index (χ3n) is 3.85. The van der Waals surface area contributed by atoms with Gasteiger partial charge in [-0.3, -0.25) is 4.79 Å². The number of phenols is 1. The van der Waals surface area contributed by atoms with Crippen molar-refractivity contribution >= 4 is 5.91 Å². The van der Waals surface area contributed by atoms with Gasteiger partial charge in [0, 0.05) is 17.7 Å². The molecule has 1 aromatic carbocycles. The molecule has 1 aromatic rings. The molecular formula is C15H22N2O2. The number of benzene rings is 1. The average Bonchev–Trinajstić information content (AvgIpc) is 2.43. The van der Waals surface area contributed by atoms with E-state index in [4.69, 9.17) is 0 Å². The first kappa shape index (κ1) is 13.9. The van der Waals surface area contributed by atoms with E-state index in [1.807, 2.05) is 0 Å². The van der Waals surface area contributed by atoms with Crippen molar-refractivity contribution in [1.29, 1.82) is 0 Å². The Bertz CT molecular complexity index is 440. The van der Waals surface area contributed by atoms with Crippen LogP contribution in [-0.2, 0) is 0 Å². The van der Waals surface area contributed by atoms with Crippen LogP contribution >= 0.6 is 0 Å². The second kappa shape index (κ2) is 6.57. The van der Waals surface area contributed by atoms with Gasteiger partial charge >= 0.3 is 0 Å². The lowest BCUT2D eigenvalue weighted by atomic mass is 9.95. The Morgan fingerprint density at radius 2 is 2.16 bits per heavy atom. The van der Waals surface area contributed by atoms with Crippen molar-refractivity contribution in [1.82, 2.24) is 10.6 Å². The average molecular weight is 262 g/mol. The largest absolute Gasteiger partial charge is 0.508 e. The number of phenolic OH excluding ortho intramolecular Hbond substituents is 1. The lowest BCUT2D eigenvalue weighted by Gasteiger charge is -2.22. The zero-order chi connectivity index (χ0) is 13.7. The zero-order valence-corrected chi connectivity index (χ0v) is 11.4. The van der Waals surface area contributed by atoms with Gasteiger partial charge in [0.15, 0.2) is 0 Å². The molecule has 3 N–H and O–H groups in total. The molecule has 1 saturated heterocycles. The number of piperidine rings is 1. The van der Waals surface area contributed by atoms with E-state index in [-0.39, 0.29) is 11.7 Å². The summed E-state index contributed by atoms with van der Waals surface area (Å²) in [5.74, 6) is 0.792. The van der Waals surface area contributed by atoms with Crippen LogP contribution in [0.5, 0.6) is 5.75 Å². The summed E-state index contributed by atoms with van der Waals surface area (Å²) in [6.07, 6.45) is 3.42. The highest BCUT2D eigenvalue weighted by Gasteiger charge is 2.14. The quantitative estimate of drug-likeness (QED) is 0.775. The van der Waals surface area contributed by atoms with E-state index in [2.05, 4.69) is 10.6 Å². The second-order valence-corrected chi connectivity index (χ2v) is 5.19. The van der Waals surface area contributed by atoms with Gasteiger partial charge in [-0.25, -0.2) is 0 Å². The summed E-state index contributed by atoms with van der Waals surface area (Å²) < 4.78 is 0. The van der Waals surface area contributed by atoms with Crippen molar-refractivity contribution in [2.45, 2.75) is 26.2 Å². The van der Waals surface area contributed by atoms with Crippen molar-refractivity contribution in [2.75, 3.05) is 19.6 Å². The molecule has 1 fully saturated rings. The van der Waals surface area contributed by atoms with E-state index in [1.165, 1.54) is 12.8 Å². The molecule has 0 aromatic heterocycles. The number of rotatable bonds is 4. The molecule has 19 heavy (non-hydrogen) atoms. The Balaban J connectivity index is 1.82. The van der Waals surface area contributed by atoms with Crippen molar-refractivity contribution in [3.05, 3.63) is 29.3 Å². The Labute approximate surface area is 114 Å². The van der Waals surface area contributed by atoms with Gasteiger partial charge in [-0.2, -0.15) is 0 Å². The lowest BCUT2D eigenvalue weighted by Crippen LogP contribution is -2.31. The van der Waals surface area contributed by atoms with Crippen molar-refractivity contribution < 1.29 is 9.90 Å². The highest BCUT2D eigenvalue weighted by molar-refractivity contribution is 5.96. The highest BCUT2D eigenvalue weighted by Crippen LogP contribution is 2.19. The lowest BCUT2D eigenvalue weighted by molar-refractivity contribution is 0.0949. The van der Waals surface area contributed by atoms with Gasteiger partial charge in [-0.15, -0.1) is 0 Å². The van der Waals surface area contributed by atoms with Crippen molar-refractivity contribution in [3.8, 4) is 5.75 Å². The van der Waals surface area contributed by atoms with E-state index < -0.39 is 0 Å². The molecule has 0 atom stereocenters. The predicted octanol–water partition coefficient (Wildman–Crippen LogP) is 1.82. The third-order valence-corrected chi connectivity index (χ3v) is 3.85. The van der Waals surface area contributed by atoms with Gasteiger partial charge in [-0.05, 0) is 57.3 Å². The molecule has 104 valence electrons. The molecule has 0 bridgehead atoms. The fourth-order valence-electron chi connectivity index (χ4n) is 2.52. The minimum atomic E-state index is -0.0951. The minimum Gasteiger partial charge on any atom is -0.508 e. The normalized spacial score (nSPS) is 16.3. The van der Waals surface area contributed by atoms with Crippen molar-refractivity contribution in [3.63, 3.8) is 0 Å². The number of amides is 1. The molecule has 0 unspecified atom stereocenters. The van der Waals surface area contributed by atoms with Gasteiger partial charge in [0.2, 0.25) is 0 Å². The molecular weight excluding hydrogens is 240 g/mol. The van der Waals surface area contributed by atoms with Gasteiger partial charge in [0.05, 0.1) is 0 Å². The summed E-state index contributed by atoms with van der Waals surface area (Å²) in [6, 6.07) is 5.04. The first-order valence-electron chi connectivity index (χ1n) is 6.96. The number of nitrogens with one attached hydrogen (secondary N) is 2. The van der Waals surface area contributed by atoms with Crippen LogP contribution < -0.4 is 10.6 Å². The fourth-order valence-corrected chi connectivity index (χ4v) is 2.52. The molecule has 0 radical (unpaired) electrons. The summed E-state index contributed by atoms with van der Waals surface area (Å²) in [4.78, 5) is 12.0. The molecule has 1 aliphatic heterocycles. The number of hydrogen-bond donors (Lipinski definition) is 3. The maximum Gasteiger partial charge on any atom is 0.251 e. The summed E-state index contributed by atoms with van der Waals surface area (Å²) in [5.41, 5.74) is 1.20. The van der Waals surface area contributed by atoms with E-state index in [9.17, 15) is 9.90 Å². The van der Waals surface area contributed by atoms with E-state index in [0.29, 0.717) is 23.6 Å².